The number of nitrogens with zero attached hydrogens (tertiary/aromatic N) is 5. The standard InChI is InChI=1S/C25H20F4N6O2/c1-13(22-19(26)3-2-8-31-22)35(10-15-5-7-21(34-33-15)25(27,28)29)24(36)14-4-6-20-16(9-14)17-11-37-12-18(17)23(30)32-20/h2-9,13H,10-12H2,1H3,(H2,30,32)/t13-/m1/s1. The number of hydrogen-bond donors (Lipinski definition) is 1. The monoisotopic (exact) mass is 512 g/mol. The zero-order valence-electron chi connectivity index (χ0n) is 19.5. The molecule has 1 aromatic carbocycles. The minimum absolute atomic E-state index is 0.000224. The van der Waals surface area contributed by atoms with Crippen LogP contribution in [-0.4, -0.2) is 31.0 Å². The maximum absolute atomic E-state index is 14.6. The number of hydrogen-bond acceptors (Lipinski definition) is 7. The third-order valence-corrected chi connectivity index (χ3v) is 6.23. The van der Waals surface area contributed by atoms with E-state index in [0.29, 0.717) is 29.9 Å². The molecule has 0 fully saturated rings. The van der Waals surface area contributed by atoms with Crippen molar-refractivity contribution in [2.75, 3.05) is 5.73 Å². The molecule has 3 aromatic heterocycles. The van der Waals surface area contributed by atoms with E-state index >= 15 is 0 Å². The highest BCUT2D eigenvalue weighted by Crippen LogP contribution is 2.33. The summed E-state index contributed by atoms with van der Waals surface area (Å²) in [5, 5.41) is 7.58. The van der Waals surface area contributed by atoms with Crippen molar-refractivity contribution >= 4 is 22.6 Å². The van der Waals surface area contributed by atoms with E-state index in [1.165, 1.54) is 23.2 Å². The van der Waals surface area contributed by atoms with Gasteiger partial charge in [0, 0.05) is 22.7 Å². The zero-order valence-corrected chi connectivity index (χ0v) is 19.5. The van der Waals surface area contributed by atoms with Gasteiger partial charge in [0.25, 0.3) is 5.91 Å². The number of benzene rings is 1. The van der Waals surface area contributed by atoms with Crippen LogP contribution in [0.15, 0.2) is 48.7 Å². The molecule has 1 aliphatic heterocycles. The van der Waals surface area contributed by atoms with Crippen molar-refractivity contribution in [2.45, 2.75) is 38.9 Å². The number of fused-ring (bicyclic) bond motifs is 3. The Morgan fingerprint density at radius 2 is 1.92 bits per heavy atom. The molecule has 0 saturated carbocycles. The van der Waals surface area contributed by atoms with Gasteiger partial charge in [0.2, 0.25) is 0 Å². The largest absolute Gasteiger partial charge is 0.435 e. The van der Waals surface area contributed by atoms with E-state index in [4.69, 9.17) is 10.5 Å². The summed E-state index contributed by atoms with van der Waals surface area (Å²) in [6, 6.07) is 8.54. The number of alkyl halides is 3. The smallest absolute Gasteiger partial charge is 0.383 e. The Balaban J connectivity index is 1.55. The fourth-order valence-electron chi connectivity index (χ4n) is 4.28. The first-order valence-corrected chi connectivity index (χ1v) is 11.2. The van der Waals surface area contributed by atoms with Gasteiger partial charge < -0.3 is 15.4 Å². The van der Waals surface area contributed by atoms with Gasteiger partial charge in [-0.05, 0) is 55.0 Å². The number of anilines is 1. The van der Waals surface area contributed by atoms with Crippen molar-refractivity contribution < 1.29 is 27.1 Å². The van der Waals surface area contributed by atoms with Crippen LogP contribution >= 0.6 is 0 Å². The molecular formula is C25H20F4N6O2. The second-order valence-corrected chi connectivity index (χ2v) is 8.57. The lowest BCUT2D eigenvalue weighted by molar-refractivity contribution is -0.141. The van der Waals surface area contributed by atoms with Crippen LogP contribution in [0.1, 0.15) is 51.5 Å². The van der Waals surface area contributed by atoms with E-state index in [1.807, 2.05) is 0 Å². The van der Waals surface area contributed by atoms with Crippen molar-refractivity contribution in [3.63, 3.8) is 0 Å². The van der Waals surface area contributed by atoms with Crippen LogP contribution in [0.25, 0.3) is 10.9 Å². The SMILES string of the molecule is C[C@H](c1ncccc1F)N(Cc1ccc(C(F)(F)F)nn1)C(=O)c1ccc2nc(N)c3c(c2c1)COC3. The van der Waals surface area contributed by atoms with Gasteiger partial charge in [-0.3, -0.25) is 9.78 Å². The van der Waals surface area contributed by atoms with Gasteiger partial charge in [0.05, 0.1) is 42.7 Å². The van der Waals surface area contributed by atoms with Crippen molar-refractivity contribution in [3.8, 4) is 0 Å². The third kappa shape index (κ3) is 4.67. The Bertz CT molecular complexity index is 1490. The molecule has 1 atom stereocenters. The average Bonchev–Trinajstić information content (AvgIpc) is 3.38. The molecule has 0 saturated heterocycles. The lowest BCUT2D eigenvalue weighted by Gasteiger charge is -2.29. The van der Waals surface area contributed by atoms with Crippen LogP contribution in [0, 0.1) is 5.82 Å². The van der Waals surface area contributed by atoms with Crippen molar-refractivity contribution in [2.24, 2.45) is 0 Å². The summed E-state index contributed by atoms with van der Waals surface area (Å²) in [6.07, 6.45) is -3.26. The number of ether oxygens (including phenoxy) is 1. The molecular weight excluding hydrogens is 492 g/mol. The molecule has 12 heteroatoms. The van der Waals surface area contributed by atoms with Gasteiger partial charge in [-0.2, -0.15) is 18.3 Å². The Kier molecular flexibility index (Phi) is 6.20. The van der Waals surface area contributed by atoms with E-state index in [2.05, 4.69) is 20.2 Å². The first-order valence-electron chi connectivity index (χ1n) is 11.2. The Hall–Kier alpha value is -4.19. The number of aromatic nitrogens is 4. The first-order chi connectivity index (χ1) is 17.6. The van der Waals surface area contributed by atoms with Crippen LogP contribution in [0.4, 0.5) is 23.4 Å². The lowest BCUT2D eigenvalue weighted by atomic mass is 10.0. The molecule has 0 aliphatic carbocycles. The Morgan fingerprint density at radius 1 is 1.14 bits per heavy atom. The molecule has 0 spiro atoms. The second-order valence-electron chi connectivity index (χ2n) is 8.57. The predicted octanol–water partition coefficient (Wildman–Crippen LogP) is 4.59. The summed E-state index contributed by atoms with van der Waals surface area (Å²) in [7, 11) is 0. The van der Waals surface area contributed by atoms with E-state index < -0.39 is 29.6 Å². The maximum atomic E-state index is 14.6. The molecule has 2 N–H and O–H groups in total. The number of carbonyl (C=O) groups is 1. The van der Waals surface area contributed by atoms with Gasteiger partial charge in [-0.1, -0.05) is 0 Å². The number of rotatable bonds is 5. The highest BCUT2D eigenvalue weighted by molar-refractivity contribution is 5.99. The van der Waals surface area contributed by atoms with Crippen molar-refractivity contribution in [1.82, 2.24) is 25.1 Å². The Morgan fingerprint density at radius 3 is 2.62 bits per heavy atom. The molecule has 4 aromatic rings. The molecule has 1 aliphatic rings. The summed E-state index contributed by atoms with van der Waals surface area (Å²) < 4.78 is 58.9. The molecule has 190 valence electrons. The van der Waals surface area contributed by atoms with Gasteiger partial charge in [-0.15, -0.1) is 5.10 Å². The number of pyridine rings is 2. The van der Waals surface area contributed by atoms with Crippen LogP contribution < -0.4 is 5.73 Å². The molecule has 0 bridgehead atoms. The van der Waals surface area contributed by atoms with E-state index in [9.17, 15) is 22.4 Å². The average molecular weight is 512 g/mol. The summed E-state index contributed by atoms with van der Waals surface area (Å²) in [5.74, 6) is -0.772. The maximum Gasteiger partial charge on any atom is 0.435 e. The highest BCUT2D eigenvalue weighted by atomic mass is 19.4. The molecule has 8 nitrogen and oxygen atoms in total. The van der Waals surface area contributed by atoms with Crippen LogP contribution in [-0.2, 0) is 30.7 Å². The van der Waals surface area contributed by atoms with Gasteiger partial charge >= 0.3 is 6.18 Å². The van der Waals surface area contributed by atoms with Gasteiger partial charge in [0.1, 0.15) is 11.6 Å². The summed E-state index contributed by atoms with van der Waals surface area (Å²) in [6.45, 7) is 1.98. The molecule has 37 heavy (non-hydrogen) atoms. The molecule has 4 heterocycles. The zero-order chi connectivity index (χ0) is 26.3. The predicted molar refractivity (Wildman–Crippen MR) is 124 cm³/mol. The normalized spacial score (nSPS) is 14.0. The minimum atomic E-state index is -4.65. The van der Waals surface area contributed by atoms with Crippen LogP contribution in [0.5, 0.6) is 0 Å². The summed E-state index contributed by atoms with van der Waals surface area (Å²) in [4.78, 5) is 23.5. The summed E-state index contributed by atoms with van der Waals surface area (Å²) >= 11 is 0. The Labute approximate surface area is 208 Å². The van der Waals surface area contributed by atoms with E-state index in [0.717, 1.165) is 23.3 Å². The van der Waals surface area contributed by atoms with Crippen LogP contribution in [0.2, 0.25) is 0 Å². The number of amides is 1. The van der Waals surface area contributed by atoms with E-state index in [-0.39, 0.29) is 23.5 Å². The molecule has 0 radical (unpaired) electrons. The molecule has 1 amide bonds. The number of halogens is 4. The minimum Gasteiger partial charge on any atom is -0.383 e. The van der Waals surface area contributed by atoms with Crippen molar-refractivity contribution in [3.05, 3.63) is 88.3 Å². The van der Waals surface area contributed by atoms with E-state index in [1.54, 1.807) is 25.1 Å². The number of nitrogens with two attached hydrogens (primary N) is 1. The number of nitrogen functional groups attached to an aromatic ring is 1. The molecule has 0 unspecified atom stereocenters. The molecule has 5 rings (SSSR count). The first kappa shape index (κ1) is 24.5. The quantitative estimate of drug-likeness (QED) is 0.390. The number of carbonyl (C=O) groups excluding carboxylic acids is 1. The van der Waals surface area contributed by atoms with Gasteiger partial charge in [0.15, 0.2) is 5.69 Å². The fourth-order valence-corrected chi connectivity index (χ4v) is 4.28. The fraction of sp³-hybridized carbons (Fsp3) is 0.240. The van der Waals surface area contributed by atoms with Gasteiger partial charge in [-0.25, -0.2) is 9.37 Å². The lowest BCUT2D eigenvalue weighted by Crippen LogP contribution is -2.34. The third-order valence-electron chi connectivity index (χ3n) is 6.23. The topological polar surface area (TPSA) is 107 Å². The summed E-state index contributed by atoms with van der Waals surface area (Å²) in [5.41, 5.74) is 7.41. The second kappa shape index (κ2) is 9.36. The highest BCUT2D eigenvalue weighted by Gasteiger charge is 2.33. The van der Waals surface area contributed by atoms with Crippen molar-refractivity contribution in [1.29, 1.82) is 0 Å². The van der Waals surface area contributed by atoms with Crippen LogP contribution in [0.3, 0.4) is 0 Å².